The highest BCUT2D eigenvalue weighted by Crippen LogP contribution is 2.24. The van der Waals surface area contributed by atoms with Crippen LogP contribution in [0.1, 0.15) is 15.9 Å². The van der Waals surface area contributed by atoms with E-state index in [1.54, 1.807) is 18.2 Å². The molecule has 1 aromatic heterocycles. The molecule has 146 valence electrons. The first-order valence-corrected chi connectivity index (χ1v) is 9.15. The molecule has 1 N–H and O–H groups in total. The number of non-ortho nitro benzene ring substituents is 1. The van der Waals surface area contributed by atoms with Crippen LogP contribution in [0.5, 0.6) is 0 Å². The van der Waals surface area contributed by atoms with Gasteiger partial charge in [-0.15, -0.1) is 0 Å². The maximum absolute atomic E-state index is 12.8. The molecule has 0 saturated carbocycles. The fourth-order valence-corrected chi connectivity index (χ4v) is 3.03. The topological polar surface area (TPSA) is 97.5 Å². The van der Waals surface area contributed by atoms with Gasteiger partial charge in [-0.2, -0.15) is 5.10 Å². The molecule has 0 aliphatic rings. The van der Waals surface area contributed by atoms with Gasteiger partial charge in [0, 0.05) is 23.1 Å². The SMILES string of the molecule is O=C(N/N=C/c1ccc([N+](=O)[O-])cc1)c1cc(-c2ccccc2)nc2ccccc12. The van der Waals surface area contributed by atoms with Crippen LogP contribution in [0.3, 0.4) is 0 Å². The van der Waals surface area contributed by atoms with E-state index in [0.717, 1.165) is 10.9 Å². The molecule has 7 heteroatoms. The first-order chi connectivity index (χ1) is 14.6. The summed E-state index contributed by atoms with van der Waals surface area (Å²) >= 11 is 0. The van der Waals surface area contributed by atoms with Gasteiger partial charge in [-0.3, -0.25) is 14.9 Å². The molecule has 0 bridgehead atoms. The molecular weight excluding hydrogens is 380 g/mol. The van der Waals surface area contributed by atoms with Crippen LogP contribution in [-0.4, -0.2) is 22.0 Å². The van der Waals surface area contributed by atoms with Crippen molar-refractivity contribution in [1.82, 2.24) is 10.4 Å². The monoisotopic (exact) mass is 396 g/mol. The molecule has 1 amide bonds. The van der Waals surface area contributed by atoms with Crippen molar-refractivity contribution in [1.29, 1.82) is 0 Å². The van der Waals surface area contributed by atoms with Crippen LogP contribution in [0.25, 0.3) is 22.2 Å². The smallest absolute Gasteiger partial charge is 0.267 e. The van der Waals surface area contributed by atoms with Crippen LogP contribution in [0.15, 0.2) is 90.0 Å². The van der Waals surface area contributed by atoms with E-state index in [0.29, 0.717) is 22.3 Å². The average Bonchev–Trinajstić information content (AvgIpc) is 2.79. The number of pyridine rings is 1. The molecule has 30 heavy (non-hydrogen) atoms. The van der Waals surface area contributed by atoms with E-state index >= 15 is 0 Å². The molecule has 7 nitrogen and oxygen atoms in total. The summed E-state index contributed by atoms with van der Waals surface area (Å²) < 4.78 is 0. The summed E-state index contributed by atoms with van der Waals surface area (Å²) in [4.78, 5) is 27.7. The van der Waals surface area contributed by atoms with E-state index in [9.17, 15) is 14.9 Å². The van der Waals surface area contributed by atoms with Crippen molar-refractivity contribution in [3.63, 3.8) is 0 Å². The quantitative estimate of drug-likeness (QED) is 0.303. The van der Waals surface area contributed by atoms with Gasteiger partial charge in [-0.1, -0.05) is 48.5 Å². The number of nitro benzene ring substituents is 1. The van der Waals surface area contributed by atoms with Crippen molar-refractivity contribution in [3.05, 3.63) is 106 Å². The fraction of sp³-hybridized carbons (Fsp3) is 0. The number of amides is 1. The number of benzene rings is 3. The zero-order valence-corrected chi connectivity index (χ0v) is 15.7. The molecule has 4 aromatic rings. The summed E-state index contributed by atoms with van der Waals surface area (Å²) in [6, 6.07) is 24.7. The fourth-order valence-electron chi connectivity index (χ4n) is 3.03. The maximum Gasteiger partial charge on any atom is 0.272 e. The van der Waals surface area contributed by atoms with Gasteiger partial charge in [0.1, 0.15) is 0 Å². The number of nitro groups is 1. The number of carbonyl (C=O) groups excluding carboxylic acids is 1. The minimum atomic E-state index is -0.471. The third kappa shape index (κ3) is 4.05. The first kappa shape index (κ1) is 18.9. The Bertz CT molecular complexity index is 1250. The minimum absolute atomic E-state index is 0.00659. The number of para-hydroxylation sites is 1. The third-order valence-corrected chi connectivity index (χ3v) is 4.51. The second-order valence-corrected chi connectivity index (χ2v) is 6.49. The predicted octanol–water partition coefficient (Wildman–Crippen LogP) is 4.57. The molecule has 0 aliphatic carbocycles. The number of nitrogens with zero attached hydrogens (tertiary/aromatic N) is 3. The van der Waals surface area contributed by atoms with Gasteiger partial charge in [0.2, 0.25) is 0 Å². The number of hydrogen-bond acceptors (Lipinski definition) is 5. The van der Waals surface area contributed by atoms with Crippen molar-refractivity contribution < 1.29 is 9.72 Å². The van der Waals surface area contributed by atoms with Crippen LogP contribution in [0.4, 0.5) is 5.69 Å². The van der Waals surface area contributed by atoms with E-state index in [-0.39, 0.29) is 11.6 Å². The number of carbonyl (C=O) groups is 1. The van der Waals surface area contributed by atoms with Crippen molar-refractivity contribution in [2.24, 2.45) is 5.10 Å². The Hall–Kier alpha value is -4.39. The van der Waals surface area contributed by atoms with Gasteiger partial charge in [-0.05, 0) is 29.8 Å². The Balaban J connectivity index is 1.61. The van der Waals surface area contributed by atoms with Gasteiger partial charge < -0.3 is 0 Å². The van der Waals surface area contributed by atoms with Crippen molar-refractivity contribution >= 4 is 28.7 Å². The Morgan fingerprint density at radius 3 is 2.40 bits per heavy atom. The lowest BCUT2D eigenvalue weighted by Crippen LogP contribution is -2.18. The second kappa shape index (κ2) is 8.32. The molecule has 4 rings (SSSR count). The summed E-state index contributed by atoms with van der Waals surface area (Å²) in [5.74, 6) is -0.371. The molecule has 3 aromatic carbocycles. The van der Waals surface area contributed by atoms with Crippen molar-refractivity contribution in [2.75, 3.05) is 0 Å². The third-order valence-electron chi connectivity index (χ3n) is 4.51. The van der Waals surface area contributed by atoms with Gasteiger partial charge in [0.25, 0.3) is 11.6 Å². The van der Waals surface area contributed by atoms with Crippen molar-refractivity contribution in [2.45, 2.75) is 0 Å². The van der Waals surface area contributed by atoms with Crippen LogP contribution in [-0.2, 0) is 0 Å². The summed E-state index contributed by atoms with van der Waals surface area (Å²) in [5, 5.41) is 15.4. The van der Waals surface area contributed by atoms with Gasteiger partial charge >= 0.3 is 0 Å². The Morgan fingerprint density at radius 2 is 1.67 bits per heavy atom. The highest BCUT2D eigenvalue weighted by Gasteiger charge is 2.13. The van der Waals surface area contributed by atoms with Gasteiger partial charge in [-0.25, -0.2) is 10.4 Å². The highest BCUT2D eigenvalue weighted by molar-refractivity contribution is 6.07. The first-order valence-electron chi connectivity index (χ1n) is 9.15. The Kier molecular flexibility index (Phi) is 5.25. The zero-order valence-electron chi connectivity index (χ0n) is 15.7. The maximum atomic E-state index is 12.8. The van der Waals surface area contributed by atoms with E-state index in [1.165, 1.54) is 18.3 Å². The second-order valence-electron chi connectivity index (χ2n) is 6.49. The van der Waals surface area contributed by atoms with Gasteiger partial charge in [0.15, 0.2) is 0 Å². The summed E-state index contributed by atoms with van der Waals surface area (Å²) in [5.41, 5.74) is 5.92. The lowest BCUT2D eigenvalue weighted by molar-refractivity contribution is -0.384. The van der Waals surface area contributed by atoms with Crippen LogP contribution >= 0.6 is 0 Å². The number of nitrogens with one attached hydrogen (secondary N) is 1. The number of hydrogen-bond donors (Lipinski definition) is 1. The molecule has 0 fully saturated rings. The largest absolute Gasteiger partial charge is 0.272 e. The predicted molar refractivity (Wildman–Crippen MR) is 115 cm³/mol. The molecule has 0 saturated heterocycles. The van der Waals surface area contributed by atoms with Gasteiger partial charge in [0.05, 0.1) is 27.9 Å². The summed E-state index contributed by atoms with van der Waals surface area (Å²) in [6.45, 7) is 0. The van der Waals surface area contributed by atoms with Crippen LogP contribution in [0, 0.1) is 10.1 Å². The number of fused-ring (bicyclic) bond motifs is 1. The number of hydrazone groups is 1. The van der Waals surface area contributed by atoms with E-state index in [2.05, 4.69) is 15.5 Å². The lowest BCUT2D eigenvalue weighted by atomic mass is 10.0. The summed E-state index contributed by atoms with van der Waals surface area (Å²) in [6.07, 6.45) is 1.43. The molecule has 0 radical (unpaired) electrons. The molecule has 1 heterocycles. The van der Waals surface area contributed by atoms with Crippen LogP contribution < -0.4 is 5.43 Å². The molecule has 0 spiro atoms. The molecular formula is C23H16N4O3. The lowest BCUT2D eigenvalue weighted by Gasteiger charge is -2.09. The molecule has 0 atom stereocenters. The highest BCUT2D eigenvalue weighted by atomic mass is 16.6. The minimum Gasteiger partial charge on any atom is -0.267 e. The summed E-state index contributed by atoms with van der Waals surface area (Å²) in [7, 11) is 0. The van der Waals surface area contributed by atoms with E-state index < -0.39 is 4.92 Å². The average molecular weight is 396 g/mol. The van der Waals surface area contributed by atoms with Crippen LogP contribution in [0.2, 0.25) is 0 Å². The number of aromatic nitrogens is 1. The van der Waals surface area contributed by atoms with E-state index in [4.69, 9.17) is 0 Å². The zero-order chi connectivity index (χ0) is 20.9. The Morgan fingerprint density at radius 1 is 0.967 bits per heavy atom. The Labute approximate surface area is 171 Å². The van der Waals surface area contributed by atoms with E-state index in [1.807, 2.05) is 54.6 Å². The molecule has 0 aliphatic heterocycles. The van der Waals surface area contributed by atoms with Crippen molar-refractivity contribution in [3.8, 4) is 11.3 Å². The normalized spacial score (nSPS) is 10.9. The standard InChI is InChI=1S/C23H16N4O3/c28-23(26-24-15-16-10-12-18(13-11-16)27(29)30)20-14-22(17-6-2-1-3-7-17)25-21-9-5-4-8-19(20)21/h1-15H,(H,26,28)/b24-15+. The molecule has 0 unspecified atom stereocenters. The number of rotatable bonds is 5.